The number of rotatable bonds is 10. The molecule has 1 aromatic rings. The SMILES string of the molecule is CCNC(=NCc1cccc(C(=O)NCCN(C)C)c1)NCC1(C(=O)N(C)C)CCCC1.I. The number of hydrogen-bond acceptors (Lipinski definition) is 4. The Morgan fingerprint density at radius 1 is 1.06 bits per heavy atom. The van der Waals surface area contributed by atoms with Crippen molar-refractivity contribution in [3.63, 3.8) is 0 Å². The molecule has 33 heavy (non-hydrogen) atoms. The number of nitrogens with one attached hydrogen (secondary N) is 3. The fourth-order valence-electron chi connectivity index (χ4n) is 4.06. The second kappa shape index (κ2) is 14.4. The van der Waals surface area contributed by atoms with Crippen LogP contribution in [0.15, 0.2) is 29.3 Å². The molecule has 1 fully saturated rings. The highest BCUT2D eigenvalue weighted by molar-refractivity contribution is 14.0. The molecule has 9 heteroatoms. The Kier molecular flexibility index (Phi) is 12.7. The number of nitrogens with zero attached hydrogens (tertiary/aromatic N) is 3. The van der Waals surface area contributed by atoms with Crippen LogP contribution in [-0.4, -0.2) is 81.9 Å². The Hall–Kier alpha value is -1.88. The van der Waals surface area contributed by atoms with Gasteiger partial charge in [0.05, 0.1) is 12.0 Å². The third-order valence-electron chi connectivity index (χ3n) is 5.81. The molecule has 0 unspecified atom stereocenters. The Morgan fingerprint density at radius 2 is 1.76 bits per heavy atom. The average molecular weight is 573 g/mol. The van der Waals surface area contributed by atoms with Gasteiger partial charge in [0.25, 0.3) is 5.91 Å². The number of benzene rings is 1. The van der Waals surface area contributed by atoms with Crippen molar-refractivity contribution in [2.75, 3.05) is 54.4 Å². The monoisotopic (exact) mass is 572 g/mol. The molecule has 8 nitrogen and oxygen atoms in total. The van der Waals surface area contributed by atoms with Crippen LogP contribution in [0.3, 0.4) is 0 Å². The average Bonchev–Trinajstić information content (AvgIpc) is 3.25. The Morgan fingerprint density at radius 3 is 2.36 bits per heavy atom. The van der Waals surface area contributed by atoms with E-state index in [9.17, 15) is 9.59 Å². The molecule has 0 bridgehead atoms. The molecule has 0 aliphatic heterocycles. The van der Waals surface area contributed by atoms with Gasteiger partial charge in [0.2, 0.25) is 5.91 Å². The van der Waals surface area contributed by atoms with E-state index in [1.54, 1.807) is 4.90 Å². The summed E-state index contributed by atoms with van der Waals surface area (Å²) >= 11 is 0. The summed E-state index contributed by atoms with van der Waals surface area (Å²) in [6.07, 6.45) is 3.97. The minimum atomic E-state index is -0.357. The normalized spacial score (nSPS) is 15.0. The highest BCUT2D eigenvalue weighted by Gasteiger charge is 2.42. The Balaban J connectivity index is 0.00000544. The number of carbonyl (C=O) groups is 2. The third-order valence-corrected chi connectivity index (χ3v) is 5.81. The predicted molar refractivity (Wildman–Crippen MR) is 145 cm³/mol. The summed E-state index contributed by atoms with van der Waals surface area (Å²) in [4.78, 5) is 33.6. The van der Waals surface area contributed by atoms with Gasteiger partial charge in [-0.3, -0.25) is 9.59 Å². The molecule has 2 amide bonds. The minimum Gasteiger partial charge on any atom is -0.357 e. The lowest BCUT2D eigenvalue weighted by molar-refractivity contribution is -0.138. The van der Waals surface area contributed by atoms with E-state index < -0.39 is 0 Å². The fraction of sp³-hybridized carbons (Fsp3) is 0.625. The summed E-state index contributed by atoms with van der Waals surface area (Å²) in [5.41, 5.74) is 1.24. The van der Waals surface area contributed by atoms with Crippen LogP contribution >= 0.6 is 24.0 Å². The number of guanidine groups is 1. The van der Waals surface area contributed by atoms with Gasteiger partial charge < -0.3 is 25.8 Å². The van der Waals surface area contributed by atoms with Gasteiger partial charge in [0, 0.05) is 45.8 Å². The van der Waals surface area contributed by atoms with Gasteiger partial charge in [0.15, 0.2) is 5.96 Å². The summed E-state index contributed by atoms with van der Waals surface area (Å²) in [5, 5.41) is 9.60. The summed E-state index contributed by atoms with van der Waals surface area (Å²) in [6.45, 7) is 5.18. The molecule has 0 atom stereocenters. The fourth-order valence-corrected chi connectivity index (χ4v) is 4.06. The number of hydrogen-bond donors (Lipinski definition) is 3. The van der Waals surface area contributed by atoms with Crippen LogP contribution in [0.1, 0.15) is 48.5 Å². The number of aliphatic imine (C=N–C) groups is 1. The first-order valence-corrected chi connectivity index (χ1v) is 11.5. The molecular weight excluding hydrogens is 531 g/mol. The second-order valence-corrected chi connectivity index (χ2v) is 9.00. The zero-order chi connectivity index (χ0) is 23.6. The zero-order valence-electron chi connectivity index (χ0n) is 20.7. The molecule has 186 valence electrons. The van der Waals surface area contributed by atoms with E-state index in [1.165, 1.54) is 0 Å². The lowest BCUT2D eigenvalue weighted by atomic mass is 9.84. The molecule has 0 heterocycles. The van der Waals surface area contributed by atoms with Crippen LogP contribution in [0.5, 0.6) is 0 Å². The third kappa shape index (κ3) is 9.11. The number of halogens is 1. The van der Waals surface area contributed by atoms with Crippen molar-refractivity contribution in [3.05, 3.63) is 35.4 Å². The van der Waals surface area contributed by atoms with Crippen LogP contribution in [0.25, 0.3) is 0 Å². The lowest BCUT2D eigenvalue weighted by Crippen LogP contribution is -2.49. The first-order valence-electron chi connectivity index (χ1n) is 11.5. The maximum absolute atomic E-state index is 12.8. The molecule has 3 N–H and O–H groups in total. The Bertz CT molecular complexity index is 791. The second-order valence-electron chi connectivity index (χ2n) is 9.00. The van der Waals surface area contributed by atoms with Gasteiger partial charge in [-0.15, -0.1) is 24.0 Å². The van der Waals surface area contributed by atoms with Gasteiger partial charge in [-0.2, -0.15) is 0 Å². The molecule has 1 saturated carbocycles. The van der Waals surface area contributed by atoms with Gasteiger partial charge >= 0.3 is 0 Å². The van der Waals surface area contributed by atoms with Crippen molar-refractivity contribution in [2.45, 2.75) is 39.2 Å². The topological polar surface area (TPSA) is 89.1 Å². The van der Waals surface area contributed by atoms with Crippen molar-refractivity contribution in [1.82, 2.24) is 25.8 Å². The Labute approximate surface area is 216 Å². The standard InChI is InChI=1S/C24H40N6O2.HI/c1-6-25-23(28-18-24(12-7-8-13-24)22(32)30(4)5)27-17-19-10-9-11-20(16-19)21(31)26-14-15-29(2)3;/h9-11,16H,6-8,12-15,17-18H2,1-5H3,(H,26,31)(H2,25,27,28);1H. The molecule has 1 aliphatic rings. The number of likely N-dealkylation sites (N-methyl/N-ethyl adjacent to an activating group) is 1. The predicted octanol–water partition coefficient (Wildman–Crippen LogP) is 2.30. The van der Waals surface area contributed by atoms with E-state index in [0.717, 1.165) is 44.3 Å². The highest BCUT2D eigenvalue weighted by atomic mass is 127. The van der Waals surface area contributed by atoms with Crippen LogP contribution in [-0.2, 0) is 11.3 Å². The van der Waals surface area contributed by atoms with Crippen LogP contribution in [0.2, 0.25) is 0 Å². The van der Waals surface area contributed by atoms with Crippen molar-refractivity contribution < 1.29 is 9.59 Å². The van der Waals surface area contributed by atoms with E-state index in [-0.39, 0.29) is 41.2 Å². The maximum atomic E-state index is 12.8. The van der Waals surface area contributed by atoms with E-state index in [2.05, 4.69) is 16.0 Å². The first-order chi connectivity index (χ1) is 15.3. The van der Waals surface area contributed by atoms with Crippen molar-refractivity contribution in [2.24, 2.45) is 10.4 Å². The van der Waals surface area contributed by atoms with Gasteiger partial charge in [-0.1, -0.05) is 25.0 Å². The molecule has 0 saturated heterocycles. The van der Waals surface area contributed by atoms with Crippen LogP contribution in [0, 0.1) is 5.41 Å². The summed E-state index contributed by atoms with van der Waals surface area (Å²) in [6, 6.07) is 7.55. The molecular formula is C24H41IN6O2. The van der Waals surface area contributed by atoms with E-state index >= 15 is 0 Å². The van der Waals surface area contributed by atoms with E-state index in [1.807, 2.05) is 64.3 Å². The van der Waals surface area contributed by atoms with Crippen molar-refractivity contribution in [1.29, 1.82) is 0 Å². The zero-order valence-corrected chi connectivity index (χ0v) is 23.1. The molecule has 0 radical (unpaired) electrons. The molecule has 1 aromatic carbocycles. The van der Waals surface area contributed by atoms with Crippen molar-refractivity contribution >= 4 is 41.8 Å². The maximum Gasteiger partial charge on any atom is 0.251 e. The molecule has 0 aromatic heterocycles. The molecule has 0 spiro atoms. The van der Waals surface area contributed by atoms with E-state index in [0.29, 0.717) is 31.2 Å². The summed E-state index contributed by atoms with van der Waals surface area (Å²) < 4.78 is 0. The largest absolute Gasteiger partial charge is 0.357 e. The summed E-state index contributed by atoms with van der Waals surface area (Å²) in [5.74, 6) is 0.797. The van der Waals surface area contributed by atoms with Gasteiger partial charge in [-0.05, 0) is 51.6 Å². The van der Waals surface area contributed by atoms with E-state index in [4.69, 9.17) is 4.99 Å². The van der Waals surface area contributed by atoms with Crippen LogP contribution < -0.4 is 16.0 Å². The number of amides is 2. The van der Waals surface area contributed by atoms with Gasteiger partial charge in [-0.25, -0.2) is 4.99 Å². The highest BCUT2D eigenvalue weighted by Crippen LogP contribution is 2.38. The molecule has 2 rings (SSSR count). The van der Waals surface area contributed by atoms with Crippen LogP contribution in [0.4, 0.5) is 0 Å². The lowest BCUT2D eigenvalue weighted by Gasteiger charge is -2.31. The summed E-state index contributed by atoms with van der Waals surface area (Å²) in [7, 11) is 7.61. The molecule has 1 aliphatic carbocycles. The number of carbonyl (C=O) groups excluding carboxylic acids is 2. The smallest absolute Gasteiger partial charge is 0.251 e. The van der Waals surface area contributed by atoms with Gasteiger partial charge in [0.1, 0.15) is 0 Å². The minimum absolute atomic E-state index is 0. The first kappa shape index (κ1) is 29.2. The van der Waals surface area contributed by atoms with Crippen molar-refractivity contribution in [3.8, 4) is 0 Å². The quantitative estimate of drug-likeness (QED) is 0.228.